The lowest BCUT2D eigenvalue weighted by Crippen LogP contribution is -2.32. The van der Waals surface area contributed by atoms with E-state index in [0.717, 1.165) is 12.7 Å². The average molecular weight is 415 g/mol. The Morgan fingerprint density at radius 2 is 2.15 bits per heavy atom. The molecule has 0 saturated carbocycles. The van der Waals surface area contributed by atoms with Crippen molar-refractivity contribution >= 4 is 27.2 Å². The van der Waals surface area contributed by atoms with Crippen LogP contribution in [0.5, 0.6) is 11.6 Å². The van der Waals surface area contributed by atoms with E-state index >= 15 is 0 Å². The summed E-state index contributed by atoms with van der Waals surface area (Å²) in [7, 11) is -2.14. The van der Waals surface area contributed by atoms with Gasteiger partial charge in [0, 0.05) is 31.9 Å². The number of ketones is 1. The van der Waals surface area contributed by atoms with Gasteiger partial charge in [-0.2, -0.15) is 5.10 Å². The van der Waals surface area contributed by atoms with Crippen LogP contribution < -0.4 is 4.74 Å². The molecule has 1 aliphatic rings. The van der Waals surface area contributed by atoms with Crippen molar-refractivity contribution < 1.29 is 27.8 Å². The van der Waals surface area contributed by atoms with Crippen molar-refractivity contribution in [2.75, 3.05) is 19.5 Å². The lowest BCUT2D eigenvalue weighted by Gasteiger charge is -2.27. The Labute approximate surface area is 161 Å². The Morgan fingerprint density at radius 1 is 1.48 bits per heavy atom. The van der Waals surface area contributed by atoms with Crippen molar-refractivity contribution in [3.05, 3.63) is 34.0 Å². The van der Waals surface area contributed by atoms with Gasteiger partial charge < -0.3 is 14.6 Å². The summed E-state index contributed by atoms with van der Waals surface area (Å²) in [4.78, 5) is 12.8. The van der Waals surface area contributed by atoms with E-state index in [1.807, 2.05) is 0 Å². The number of nitrogens with zero attached hydrogens (tertiary/aromatic N) is 2. The molecular formula is C17H19ClN2O6S. The van der Waals surface area contributed by atoms with Crippen molar-refractivity contribution in [2.24, 2.45) is 7.05 Å². The van der Waals surface area contributed by atoms with E-state index < -0.39 is 15.6 Å². The van der Waals surface area contributed by atoms with Crippen LogP contribution in [0.2, 0.25) is 5.02 Å². The number of hydrogen-bond acceptors (Lipinski definition) is 7. The molecule has 0 amide bonds. The second-order valence-electron chi connectivity index (χ2n) is 6.36. The SMILES string of the molecule is Cc1nn(C)c(O)c1C(=O)c1ccc(S(C)(=O)=O)c(OCC2CCO2)c1Cl. The van der Waals surface area contributed by atoms with Gasteiger partial charge in [0.05, 0.1) is 16.8 Å². The van der Waals surface area contributed by atoms with Crippen molar-refractivity contribution in [2.45, 2.75) is 24.3 Å². The van der Waals surface area contributed by atoms with E-state index in [4.69, 9.17) is 21.1 Å². The van der Waals surface area contributed by atoms with Crippen LogP contribution >= 0.6 is 11.6 Å². The molecule has 2 aromatic rings. The first-order chi connectivity index (χ1) is 12.6. The lowest BCUT2D eigenvalue weighted by molar-refractivity contribution is -0.0724. The molecule has 27 heavy (non-hydrogen) atoms. The van der Waals surface area contributed by atoms with Gasteiger partial charge in [0.1, 0.15) is 17.1 Å². The highest BCUT2D eigenvalue weighted by Crippen LogP contribution is 2.37. The fourth-order valence-corrected chi connectivity index (χ4v) is 3.95. The zero-order valence-electron chi connectivity index (χ0n) is 15.0. The quantitative estimate of drug-likeness (QED) is 0.719. The van der Waals surface area contributed by atoms with E-state index in [0.29, 0.717) is 12.3 Å². The van der Waals surface area contributed by atoms with E-state index in [-0.39, 0.29) is 45.4 Å². The molecule has 2 heterocycles. The van der Waals surface area contributed by atoms with Crippen molar-refractivity contribution in [1.82, 2.24) is 9.78 Å². The number of sulfone groups is 1. The first-order valence-corrected chi connectivity index (χ1v) is 10.4. The number of halogens is 1. The molecule has 1 unspecified atom stereocenters. The normalized spacial score (nSPS) is 16.8. The molecule has 146 valence electrons. The molecule has 1 aromatic heterocycles. The molecule has 1 saturated heterocycles. The number of hydrogen-bond donors (Lipinski definition) is 1. The summed E-state index contributed by atoms with van der Waals surface area (Å²) in [5.74, 6) is -0.972. The largest absolute Gasteiger partial charge is 0.493 e. The van der Waals surface area contributed by atoms with Crippen LogP contribution in [0.15, 0.2) is 17.0 Å². The maximum absolute atomic E-state index is 12.9. The smallest absolute Gasteiger partial charge is 0.220 e. The number of aryl methyl sites for hydroxylation is 2. The Kier molecular flexibility index (Phi) is 5.20. The summed E-state index contributed by atoms with van der Waals surface area (Å²) in [5.41, 5.74) is 0.341. The van der Waals surface area contributed by atoms with Crippen LogP contribution in [0.1, 0.15) is 28.0 Å². The van der Waals surface area contributed by atoms with Crippen molar-refractivity contribution in [3.8, 4) is 11.6 Å². The third kappa shape index (κ3) is 3.67. The lowest BCUT2D eigenvalue weighted by atomic mass is 10.0. The van der Waals surface area contributed by atoms with Gasteiger partial charge in [-0.25, -0.2) is 13.1 Å². The van der Waals surface area contributed by atoms with Gasteiger partial charge in [0.15, 0.2) is 15.6 Å². The highest BCUT2D eigenvalue weighted by molar-refractivity contribution is 7.90. The van der Waals surface area contributed by atoms with Crippen molar-refractivity contribution in [3.63, 3.8) is 0 Å². The minimum absolute atomic E-state index is 0.000202. The van der Waals surface area contributed by atoms with Crippen LogP contribution in [0.3, 0.4) is 0 Å². The van der Waals surface area contributed by atoms with Gasteiger partial charge in [-0.3, -0.25) is 4.79 Å². The Hall–Kier alpha value is -2.10. The zero-order chi connectivity index (χ0) is 19.9. The summed E-state index contributed by atoms with van der Waals surface area (Å²) in [6, 6.07) is 2.58. The molecule has 1 atom stereocenters. The Morgan fingerprint density at radius 3 is 2.63 bits per heavy atom. The van der Waals surface area contributed by atoms with Crippen molar-refractivity contribution in [1.29, 1.82) is 0 Å². The number of rotatable bonds is 6. The fraction of sp³-hybridized carbons (Fsp3) is 0.412. The predicted molar refractivity (Wildman–Crippen MR) is 97.5 cm³/mol. The zero-order valence-corrected chi connectivity index (χ0v) is 16.6. The summed E-state index contributed by atoms with van der Waals surface area (Å²) >= 11 is 6.36. The Bertz CT molecular complexity index is 1010. The van der Waals surface area contributed by atoms with Gasteiger partial charge in [0.25, 0.3) is 0 Å². The molecule has 10 heteroatoms. The summed E-state index contributed by atoms with van der Waals surface area (Å²) in [6.07, 6.45) is 1.69. The third-order valence-corrected chi connectivity index (χ3v) is 5.83. The predicted octanol–water partition coefficient (Wildman–Crippen LogP) is 1.89. The second-order valence-corrected chi connectivity index (χ2v) is 8.72. The molecule has 1 aromatic carbocycles. The van der Waals surface area contributed by atoms with E-state index in [1.54, 1.807) is 6.92 Å². The van der Waals surface area contributed by atoms with Gasteiger partial charge in [0.2, 0.25) is 11.7 Å². The number of ether oxygens (including phenoxy) is 2. The number of aromatic nitrogens is 2. The molecule has 1 aliphatic heterocycles. The second kappa shape index (κ2) is 7.14. The monoisotopic (exact) mass is 414 g/mol. The summed E-state index contributed by atoms with van der Waals surface area (Å²) in [6.45, 7) is 2.33. The number of benzene rings is 1. The molecular weight excluding hydrogens is 396 g/mol. The maximum atomic E-state index is 12.9. The van der Waals surface area contributed by atoms with E-state index in [9.17, 15) is 18.3 Å². The standard InChI is InChI=1S/C17H19ClN2O6S/c1-9-13(17(22)20(2)19-9)15(21)11-4-5-12(27(3,23)24)16(14(11)18)26-8-10-6-7-25-10/h4-5,10,22H,6-8H2,1-3H3. The molecule has 0 bridgehead atoms. The van der Waals surface area contributed by atoms with Gasteiger partial charge in [-0.15, -0.1) is 0 Å². The molecule has 1 N–H and O–H groups in total. The number of carbonyl (C=O) groups excluding carboxylic acids is 1. The fourth-order valence-electron chi connectivity index (χ4n) is 2.78. The summed E-state index contributed by atoms with van der Waals surface area (Å²) < 4.78 is 36.2. The van der Waals surface area contributed by atoms with Crippen LogP contribution in [-0.4, -0.2) is 54.7 Å². The summed E-state index contributed by atoms with van der Waals surface area (Å²) in [5, 5.41) is 14.0. The minimum Gasteiger partial charge on any atom is -0.493 e. The topological polar surface area (TPSA) is 108 Å². The minimum atomic E-state index is -3.64. The molecule has 1 fully saturated rings. The van der Waals surface area contributed by atoms with Gasteiger partial charge in [-0.1, -0.05) is 11.6 Å². The van der Waals surface area contributed by atoms with Gasteiger partial charge in [-0.05, 0) is 19.1 Å². The molecule has 8 nitrogen and oxygen atoms in total. The molecule has 0 radical (unpaired) electrons. The maximum Gasteiger partial charge on any atom is 0.220 e. The highest BCUT2D eigenvalue weighted by Gasteiger charge is 2.29. The number of carbonyl (C=O) groups is 1. The molecule has 3 rings (SSSR count). The van der Waals surface area contributed by atoms with E-state index in [2.05, 4.69) is 5.10 Å². The highest BCUT2D eigenvalue weighted by atomic mass is 35.5. The van der Waals surface area contributed by atoms with Gasteiger partial charge >= 0.3 is 0 Å². The first-order valence-electron chi connectivity index (χ1n) is 8.15. The number of aromatic hydroxyl groups is 1. The van der Waals surface area contributed by atoms with Crippen LogP contribution in [0, 0.1) is 6.92 Å². The Balaban J connectivity index is 2.07. The molecule has 0 aliphatic carbocycles. The first kappa shape index (κ1) is 19.7. The van der Waals surface area contributed by atoms with E-state index in [1.165, 1.54) is 23.9 Å². The average Bonchev–Trinajstić information content (AvgIpc) is 2.78. The molecule has 0 spiro atoms. The third-order valence-electron chi connectivity index (χ3n) is 4.33. The van der Waals surface area contributed by atoms with Crippen LogP contribution in [-0.2, 0) is 21.6 Å². The van der Waals surface area contributed by atoms with Crippen LogP contribution in [0.25, 0.3) is 0 Å². The van der Waals surface area contributed by atoms with Crippen LogP contribution in [0.4, 0.5) is 0 Å².